The lowest BCUT2D eigenvalue weighted by atomic mass is 10.1. The van der Waals surface area contributed by atoms with Crippen LogP contribution in [0, 0.1) is 0 Å². The van der Waals surface area contributed by atoms with Crippen molar-refractivity contribution in [2.24, 2.45) is 4.99 Å². The van der Waals surface area contributed by atoms with Gasteiger partial charge < -0.3 is 34.5 Å². The molecule has 0 radical (unpaired) electrons. The highest BCUT2D eigenvalue weighted by molar-refractivity contribution is 14.0. The lowest BCUT2D eigenvalue weighted by molar-refractivity contribution is 0.259. The molecule has 0 aromatic heterocycles. The summed E-state index contributed by atoms with van der Waals surface area (Å²) in [6.07, 6.45) is 0. The molecule has 2 N–H and O–H groups in total. The first kappa shape index (κ1) is 27.6. The summed E-state index contributed by atoms with van der Waals surface area (Å²) in [4.78, 5) is 6.40. The van der Waals surface area contributed by atoms with Gasteiger partial charge in [0.25, 0.3) is 0 Å². The number of methoxy groups -OCH3 is 3. The van der Waals surface area contributed by atoms with Crippen LogP contribution in [0.1, 0.15) is 11.1 Å². The van der Waals surface area contributed by atoms with Crippen LogP contribution in [0.25, 0.3) is 0 Å². The van der Waals surface area contributed by atoms with Gasteiger partial charge in [-0.05, 0) is 37.9 Å². The van der Waals surface area contributed by atoms with Crippen molar-refractivity contribution in [3.8, 4) is 23.0 Å². The van der Waals surface area contributed by atoms with E-state index >= 15 is 0 Å². The van der Waals surface area contributed by atoms with Gasteiger partial charge in [-0.3, -0.25) is 4.99 Å². The summed E-state index contributed by atoms with van der Waals surface area (Å²) in [6, 6.07) is 11.8. The molecule has 0 heterocycles. The predicted octanol–water partition coefficient (Wildman–Crippen LogP) is 3.14. The molecule has 0 aliphatic rings. The van der Waals surface area contributed by atoms with E-state index in [1.165, 1.54) is 0 Å². The average Bonchev–Trinajstić information content (AvgIpc) is 2.78. The lowest BCUT2D eigenvalue weighted by Gasteiger charge is -2.17. The number of likely N-dealkylation sites (N-methyl/N-ethyl adjacent to an activating group) is 1. The summed E-state index contributed by atoms with van der Waals surface area (Å²) < 4.78 is 22.2. The first-order valence-electron chi connectivity index (χ1n) is 10.1. The Labute approximate surface area is 208 Å². The molecule has 0 saturated carbocycles. The van der Waals surface area contributed by atoms with E-state index in [2.05, 4.69) is 20.5 Å². The number of hydrogen-bond acceptors (Lipinski definition) is 6. The average molecular weight is 558 g/mol. The molecule has 32 heavy (non-hydrogen) atoms. The molecule has 0 spiro atoms. The molecule has 0 fully saturated rings. The van der Waals surface area contributed by atoms with E-state index in [-0.39, 0.29) is 24.0 Å². The number of rotatable bonds is 11. The Balaban J connectivity index is 0.00000512. The molecule has 0 aliphatic carbocycles. The normalized spacial score (nSPS) is 10.9. The minimum absolute atomic E-state index is 0. The van der Waals surface area contributed by atoms with E-state index < -0.39 is 0 Å². The Morgan fingerprint density at radius 3 is 2.09 bits per heavy atom. The number of nitrogens with zero attached hydrogens (tertiary/aromatic N) is 2. The first-order valence-corrected chi connectivity index (χ1v) is 10.1. The number of aliphatic imine (C=N–C) groups is 1. The fourth-order valence-electron chi connectivity index (χ4n) is 2.95. The van der Waals surface area contributed by atoms with Crippen LogP contribution in [0.5, 0.6) is 23.0 Å². The smallest absolute Gasteiger partial charge is 0.203 e. The largest absolute Gasteiger partial charge is 0.493 e. The van der Waals surface area contributed by atoms with Crippen LogP contribution in [0.15, 0.2) is 41.4 Å². The van der Waals surface area contributed by atoms with Gasteiger partial charge in [-0.2, -0.15) is 0 Å². The second-order valence-electron chi connectivity index (χ2n) is 7.07. The number of ether oxygens (including phenoxy) is 4. The SMILES string of the molecule is CN=C(NCc1cc(OC)c(OC)c(OC)c1)NCc1ccccc1OCCN(C)C.I. The zero-order chi connectivity index (χ0) is 22.6. The van der Waals surface area contributed by atoms with Crippen LogP contribution < -0.4 is 29.6 Å². The van der Waals surface area contributed by atoms with Crippen molar-refractivity contribution in [2.45, 2.75) is 13.1 Å². The van der Waals surface area contributed by atoms with Gasteiger partial charge in [-0.15, -0.1) is 24.0 Å². The number of benzene rings is 2. The third kappa shape index (κ3) is 8.27. The maximum atomic E-state index is 5.93. The third-order valence-electron chi connectivity index (χ3n) is 4.62. The molecule has 0 bridgehead atoms. The summed E-state index contributed by atoms with van der Waals surface area (Å²) in [5, 5.41) is 6.65. The number of hydrogen-bond donors (Lipinski definition) is 2. The topological polar surface area (TPSA) is 76.6 Å². The monoisotopic (exact) mass is 558 g/mol. The van der Waals surface area contributed by atoms with E-state index in [1.54, 1.807) is 28.4 Å². The number of para-hydroxylation sites is 1. The standard InChI is InChI=1S/C23H34N4O4.HI/c1-24-23(25-15-17-13-20(28-4)22(30-6)21(14-17)29-5)26-16-18-9-7-8-10-19(18)31-12-11-27(2)3;/h7-10,13-14H,11-12,15-16H2,1-6H3,(H2,24,25,26);1H. The zero-order valence-electron chi connectivity index (χ0n) is 19.7. The molecule has 0 saturated heterocycles. The maximum absolute atomic E-state index is 5.93. The van der Waals surface area contributed by atoms with Crippen molar-refractivity contribution in [3.05, 3.63) is 47.5 Å². The Kier molecular flexibility index (Phi) is 12.6. The molecule has 178 valence electrons. The van der Waals surface area contributed by atoms with E-state index in [4.69, 9.17) is 18.9 Å². The minimum Gasteiger partial charge on any atom is -0.493 e. The molecule has 8 nitrogen and oxygen atoms in total. The summed E-state index contributed by atoms with van der Waals surface area (Å²) >= 11 is 0. The highest BCUT2D eigenvalue weighted by Gasteiger charge is 2.13. The number of guanidine groups is 1. The molecule has 9 heteroatoms. The second kappa shape index (κ2) is 14.6. The van der Waals surface area contributed by atoms with E-state index in [9.17, 15) is 0 Å². The van der Waals surface area contributed by atoms with Gasteiger partial charge in [0.05, 0.1) is 21.3 Å². The Bertz CT molecular complexity index is 837. The molecule has 0 atom stereocenters. The molecule has 2 aromatic carbocycles. The lowest BCUT2D eigenvalue weighted by Crippen LogP contribution is -2.36. The van der Waals surface area contributed by atoms with Gasteiger partial charge in [0.1, 0.15) is 12.4 Å². The summed E-state index contributed by atoms with van der Waals surface area (Å²) in [6.45, 7) is 2.63. The third-order valence-corrected chi connectivity index (χ3v) is 4.62. The highest BCUT2D eigenvalue weighted by Crippen LogP contribution is 2.38. The van der Waals surface area contributed by atoms with Crippen LogP contribution in [-0.4, -0.2) is 66.5 Å². The molecule has 2 aromatic rings. The fourth-order valence-corrected chi connectivity index (χ4v) is 2.95. The van der Waals surface area contributed by atoms with Gasteiger partial charge in [-0.1, -0.05) is 18.2 Å². The van der Waals surface area contributed by atoms with E-state index in [0.29, 0.717) is 42.9 Å². The van der Waals surface area contributed by atoms with Crippen molar-refractivity contribution in [2.75, 3.05) is 55.6 Å². The molecule has 0 unspecified atom stereocenters. The van der Waals surface area contributed by atoms with Gasteiger partial charge in [0, 0.05) is 32.2 Å². The van der Waals surface area contributed by atoms with Crippen LogP contribution in [0.4, 0.5) is 0 Å². The van der Waals surface area contributed by atoms with Crippen molar-refractivity contribution in [1.29, 1.82) is 0 Å². The van der Waals surface area contributed by atoms with E-state index in [0.717, 1.165) is 23.4 Å². The van der Waals surface area contributed by atoms with Crippen LogP contribution in [-0.2, 0) is 13.1 Å². The van der Waals surface area contributed by atoms with Crippen LogP contribution >= 0.6 is 24.0 Å². The molecule has 0 aliphatic heterocycles. The molecular weight excluding hydrogens is 523 g/mol. The maximum Gasteiger partial charge on any atom is 0.203 e. The van der Waals surface area contributed by atoms with E-state index in [1.807, 2.05) is 50.5 Å². The minimum atomic E-state index is 0. The van der Waals surface area contributed by atoms with Gasteiger partial charge in [0.2, 0.25) is 5.75 Å². The zero-order valence-corrected chi connectivity index (χ0v) is 22.1. The van der Waals surface area contributed by atoms with Gasteiger partial charge in [0.15, 0.2) is 17.5 Å². The van der Waals surface area contributed by atoms with Crippen molar-refractivity contribution < 1.29 is 18.9 Å². The molecule has 0 amide bonds. The van der Waals surface area contributed by atoms with Crippen molar-refractivity contribution in [3.63, 3.8) is 0 Å². The first-order chi connectivity index (χ1) is 15.0. The van der Waals surface area contributed by atoms with Crippen molar-refractivity contribution in [1.82, 2.24) is 15.5 Å². The Morgan fingerprint density at radius 1 is 0.906 bits per heavy atom. The second-order valence-corrected chi connectivity index (χ2v) is 7.07. The number of nitrogens with one attached hydrogen (secondary N) is 2. The molecule has 2 rings (SSSR count). The van der Waals surface area contributed by atoms with Gasteiger partial charge >= 0.3 is 0 Å². The summed E-state index contributed by atoms with van der Waals surface area (Å²) in [5.74, 6) is 3.35. The highest BCUT2D eigenvalue weighted by atomic mass is 127. The predicted molar refractivity (Wildman–Crippen MR) is 139 cm³/mol. The van der Waals surface area contributed by atoms with Crippen LogP contribution in [0.2, 0.25) is 0 Å². The van der Waals surface area contributed by atoms with Crippen LogP contribution in [0.3, 0.4) is 0 Å². The molecular formula is C23H35IN4O4. The quantitative estimate of drug-likeness (QED) is 0.250. The van der Waals surface area contributed by atoms with Gasteiger partial charge in [-0.25, -0.2) is 0 Å². The summed E-state index contributed by atoms with van der Waals surface area (Å²) in [5.41, 5.74) is 2.04. The number of halogens is 1. The fraction of sp³-hybridized carbons (Fsp3) is 0.435. The Hall–Kier alpha value is -2.40. The van der Waals surface area contributed by atoms with Crippen molar-refractivity contribution >= 4 is 29.9 Å². The summed E-state index contributed by atoms with van der Waals surface area (Å²) in [7, 11) is 10.6. The Morgan fingerprint density at radius 2 is 1.53 bits per heavy atom.